The number of hydrogen-bond donors (Lipinski definition) is 1. The van der Waals surface area contributed by atoms with E-state index in [1.165, 1.54) is 17.7 Å². The van der Waals surface area contributed by atoms with Crippen LogP contribution in [0, 0.1) is 17.1 Å². The van der Waals surface area contributed by atoms with Gasteiger partial charge < -0.3 is 4.98 Å². The molecule has 0 amide bonds. The normalized spacial score (nSPS) is 11.0. The number of nitrogens with one attached hydrogen (secondary N) is 1. The van der Waals surface area contributed by atoms with Crippen molar-refractivity contribution < 1.29 is 4.39 Å². The fraction of sp³-hybridized carbons (Fsp3) is 0.167. The highest BCUT2D eigenvalue weighted by Gasteiger charge is 2.13. The van der Waals surface area contributed by atoms with Crippen molar-refractivity contribution in [3.8, 4) is 17.3 Å². The number of benzene rings is 2. The Morgan fingerprint density at radius 3 is 2.43 bits per heavy atom. The number of aromatic nitrogens is 1. The highest BCUT2D eigenvalue weighted by molar-refractivity contribution is 5.93. The zero-order valence-corrected chi connectivity index (χ0v) is 11.9. The molecule has 0 saturated carbocycles. The first-order chi connectivity index (χ1) is 10.1. The van der Waals surface area contributed by atoms with E-state index in [2.05, 4.69) is 37.0 Å². The molecule has 0 spiro atoms. The summed E-state index contributed by atoms with van der Waals surface area (Å²) in [6.07, 6.45) is 0. The largest absolute Gasteiger partial charge is 0.353 e. The van der Waals surface area contributed by atoms with Crippen molar-refractivity contribution in [2.24, 2.45) is 0 Å². The van der Waals surface area contributed by atoms with Crippen LogP contribution >= 0.6 is 0 Å². The maximum atomic E-state index is 13.4. The summed E-state index contributed by atoms with van der Waals surface area (Å²) in [4.78, 5) is 3.22. The lowest BCUT2D eigenvalue weighted by Gasteiger charge is -2.06. The molecule has 2 nitrogen and oxygen atoms in total. The Bertz CT molecular complexity index is 836. The van der Waals surface area contributed by atoms with Crippen LogP contribution in [0.3, 0.4) is 0 Å². The number of rotatable bonds is 2. The van der Waals surface area contributed by atoms with Crippen LogP contribution in [0.5, 0.6) is 0 Å². The zero-order chi connectivity index (χ0) is 15.0. The molecule has 0 unspecified atom stereocenters. The third kappa shape index (κ3) is 2.30. The third-order valence-electron chi connectivity index (χ3n) is 3.74. The van der Waals surface area contributed by atoms with E-state index < -0.39 is 0 Å². The average Bonchev–Trinajstić information content (AvgIpc) is 2.85. The SMILES string of the molecule is CC(C)c1ccc(-c2[nH]c3ccc(F)cc3c2C#N)cc1. The molecule has 0 radical (unpaired) electrons. The molecule has 1 aromatic heterocycles. The predicted molar refractivity (Wildman–Crippen MR) is 82.5 cm³/mol. The van der Waals surface area contributed by atoms with Gasteiger partial charge in [0, 0.05) is 10.9 Å². The Labute approximate surface area is 122 Å². The van der Waals surface area contributed by atoms with Crippen LogP contribution in [0.15, 0.2) is 42.5 Å². The molecule has 0 fully saturated rings. The summed E-state index contributed by atoms with van der Waals surface area (Å²) in [7, 11) is 0. The van der Waals surface area contributed by atoms with E-state index in [1.807, 2.05) is 12.1 Å². The molecule has 0 aliphatic rings. The van der Waals surface area contributed by atoms with E-state index >= 15 is 0 Å². The minimum Gasteiger partial charge on any atom is -0.353 e. The van der Waals surface area contributed by atoms with Crippen LogP contribution < -0.4 is 0 Å². The van der Waals surface area contributed by atoms with Gasteiger partial charge in [-0.15, -0.1) is 0 Å². The van der Waals surface area contributed by atoms with Crippen LogP contribution in [0.2, 0.25) is 0 Å². The number of nitrogens with zero attached hydrogens (tertiary/aromatic N) is 1. The fourth-order valence-corrected chi connectivity index (χ4v) is 2.53. The van der Waals surface area contributed by atoms with Gasteiger partial charge in [-0.05, 0) is 35.2 Å². The molecule has 21 heavy (non-hydrogen) atoms. The first-order valence-corrected chi connectivity index (χ1v) is 6.92. The second-order valence-electron chi connectivity index (χ2n) is 5.45. The molecule has 2 aromatic carbocycles. The van der Waals surface area contributed by atoms with Crippen molar-refractivity contribution in [1.82, 2.24) is 4.98 Å². The second kappa shape index (κ2) is 5.06. The van der Waals surface area contributed by atoms with Gasteiger partial charge in [-0.25, -0.2) is 4.39 Å². The van der Waals surface area contributed by atoms with Gasteiger partial charge in [0.05, 0.1) is 11.3 Å². The summed E-state index contributed by atoms with van der Waals surface area (Å²) in [6.45, 7) is 4.28. The van der Waals surface area contributed by atoms with Gasteiger partial charge in [0.25, 0.3) is 0 Å². The third-order valence-corrected chi connectivity index (χ3v) is 3.74. The average molecular weight is 278 g/mol. The molecule has 3 heteroatoms. The lowest BCUT2D eigenvalue weighted by molar-refractivity contribution is 0.629. The van der Waals surface area contributed by atoms with Crippen molar-refractivity contribution in [2.75, 3.05) is 0 Å². The number of fused-ring (bicyclic) bond motifs is 1. The monoisotopic (exact) mass is 278 g/mol. The minimum atomic E-state index is -0.334. The molecule has 0 aliphatic carbocycles. The number of hydrogen-bond acceptors (Lipinski definition) is 1. The molecule has 1 heterocycles. The van der Waals surface area contributed by atoms with E-state index in [9.17, 15) is 9.65 Å². The van der Waals surface area contributed by atoms with Crippen molar-refractivity contribution in [2.45, 2.75) is 19.8 Å². The molecular formula is C18H15FN2. The van der Waals surface area contributed by atoms with Crippen LogP contribution in [0.4, 0.5) is 4.39 Å². The topological polar surface area (TPSA) is 39.6 Å². The van der Waals surface area contributed by atoms with Gasteiger partial charge in [-0.1, -0.05) is 38.1 Å². The lowest BCUT2D eigenvalue weighted by Crippen LogP contribution is -1.87. The summed E-state index contributed by atoms with van der Waals surface area (Å²) < 4.78 is 13.4. The molecule has 0 bridgehead atoms. The number of halogens is 1. The van der Waals surface area contributed by atoms with Crippen molar-refractivity contribution in [1.29, 1.82) is 5.26 Å². The smallest absolute Gasteiger partial charge is 0.124 e. The predicted octanol–water partition coefficient (Wildman–Crippen LogP) is 4.97. The standard InChI is InChI=1S/C18H15FN2/c1-11(2)12-3-5-13(6-4-12)18-16(10-20)15-9-14(19)7-8-17(15)21-18/h3-9,11,21H,1-2H3. The Morgan fingerprint density at radius 2 is 1.81 bits per heavy atom. The van der Waals surface area contributed by atoms with Crippen LogP contribution in [-0.4, -0.2) is 4.98 Å². The van der Waals surface area contributed by atoms with Crippen molar-refractivity contribution in [3.63, 3.8) is 0 Å². The van der Waals surface area contributed by atoms with E-state index in [-0.39, 0.29) is 5.82 Å². The second-order valence-corrected chi connectivity index (χ2v) is 5.45. The minimum absolute atomic E-state index is 0.334. The Morgan fingerprint density at radius 1 is 1.10 bits per heavy atom. The van der Waals surface area contributed by atoms with Crippen LogP contribution in [0.25, 0.3) is 22.2 Å². The van der Waals surface area contributed by atoms with Crippen LogP contribution in [-0.2, 0) is 0 Å². The van der Waals surface area contributed by atoms with Crippen molar-refractivity contribution in [3.05, 3.63) is 59.4 Å². The zero-order valence-electron chi connectivity index (χ0n) is 11.9. The van der Waals surface area contributed by atoms with Gasteiger partial charge in [0.15, 0.2) is 0 Å². The molecule has 0 saturated heterocycles. The number of nitriles is 1. The highest BCUT2D eigenvalue weighted by Crippen LogP contribution is 2.31. The summed E-state index contributed by atoms with van der Waals surface area (Å²) in [5.41, 5.74) is 4.19. The van der Waals surface area contributed by atoms with Crippen molar-refractivity contribution >= 4 is 10.9 Å². The number of aromatic amines is 1. The molecule has 0 aliphatic heterocycles. The van der Waals surface area contributed by atoms with Gasteiger partial charge >= 0.3 is 0 Å². The maximum Gasteiger partial charge on any atom is 0.124 e. The molecule has 104 valence electrons. The molecule has 3 rings (SSSR count). The van der Waals surface area contributed by atoms with Gasteiger partial charge in [0.2, 0.25) is 0 Å². The van der Waals surface area contributed by atoms with E-state index in [4.69, 9.17) is 0 Å². The molecule has 3 aromatic rings. The van der Waals surface area contributed by atoms with E-state index in [0.29, 0.717) is 16.9 Å². The number of H-pyrrole nitrogens is 1. The summed E-state index contributed by atoms with van der Waals surface area (Å²) in [5.74, 6) is 0.131. The van der Waals surface area contributed by atoms with Crippen LogP contribution in [0.1, 0.15) is 30.9 Å². The summed E-state index contributed by atoms with van der Waals surface area (Å²) in [5, 5.41) is 10.0. The molecule has 0 atom stereocenters. The first-order valence-electron chi connectivity index (χ1n) is 6.92. The fourth-order valence-electron chi connectivity index (χ4n) is 2.53. The summed E-state index contributed by atoms with van der Waals surface area (Å²) in [6, 6.07) is 14.8. The molecule has 1 N–H and O–H groups in total. The summed E-state index contributed by atoms with van der Waals surface area (Å²) >= 11 is 0. The van der Waals surface area contributed by atoms with Gasteiger partial charge in [-0.3, -0.25) is 0 Å². The Kier molecular flexibility index (Phi) is 3.23. The van der Waals surface area contributed by atoms with E-state index in [1.54, 1.807) is 6.07 Å². The first kappa shape index (κ1) is 13.4. The molecular weight excluding hydrogens is 263 g/mol. The highest BCUT2D eigenvalue weighted by atomic mass is 19.1. The van der Waals surface area contributed by atoms with Gasteiger partial charge in [-0.2, -0.15) is 5.26 Å². The Balaban J connectivity index is 2.18. The quantitative estimate of drug-likeness (QED) is 0.706. The van der Waals surface area contributed by atoms with E-state index in [0.717, 1.165) is 16.8 Å². The van der Waals surface area contributed by atoms with Gasteiger partial charge in [0.1, 0.15) is 11.9 Å². The lowest BCUT2D eigenvalue weighted by atomic mass is 9.99. The Hall–Kier alpha value is -2.60. The maximum absolute atomic E-state index is 13.4.